The van der Waals surface area contributed by atoms with Gasteiger partial charge in [-0.25, -0.2) is 0 Å². The molecule has 4 unspecified atom stereocenters. The number of methoxy groups -OCH3 is 1. The molecule has 1 aromatic rings. The maximum absolute atomic E-state index is 12.9. The van der Waals surface area contributed by atoms with E-state index < -0.39 is 0 Å². The molecule has 4 nitrogen and oxygen atoms in total. The molecular weight excluding hydrogens is 276 g/mol. The standard InChI is InChI=1S/C18H26N2O2/c1-3-20(11-12-4-8-15(22-2)9-5-12)18(21)16-13-6-7-14(10-13)17(16)19/h4-5,8-9,13-14,16-17H,3,6-7,10-11,19H2,1-2H3. The monoisotopic (exact) mass is 302 g/mol. The molecule has 0 aromatic heterocycles. The third-order valence-electron chi connectivity index (χ3n) is 5.49. The summed E-state index contributed by atoms with van der Waals surface area (Å²) in [5.74, 6) is 2.21. The van der Waals surface area contributed by atoms with Gasteiger partial charge in [-0.3, -0.25) is 4.79 Å². The summed E-state index contributed by atoms with van der Waals surface area (Å²) in [6.07, 6.45) is 3.53. The molecule has 0 spiro atoms. The van der Waals surface area contributed by atoms with Crippen molar-refractivity contribution in [3.63, 3.8) is 0 Å². The molecule has 22 heavy (non-hydrogen) atoms. The lowest BCUT2D eigenvalue weighted by Gasteiger charge is -2.32. The van der Waals surface area contributed by atoms with Crippen molar-refractivity contribution >= 4 is 5.91 Å². The number of carbonyl (C=O) groups excluding carboxylic acids is 1. The summed E-state index contributed by atoms with van der Waals surface area (Å²) >= 11 is 0. The van der Waals surface area contributed by atoms with Crippen molar-refractivity contribution in [2.75, 3.05) is 13.7 Å². The number of hydrogen-bond donors (Lipinski definition) is 1. The number of hydrogen-bond acceptors (Lipinski definition) is 3. The highest BCUT2D eigenvalue weighted by atomic mass is 16.5. The molecule has 3 rings (SSSR count). The van der Waals surface area contributed by atoms with Gasteiger partial charge < -0.3 is 15.4 Å². The van der Waals surface area contributed by atoms with E-state index in [2.05, 4.69) is 0 Å². The lowest BCUT2D eigenvalue weighted by Crippen LogP contribution is -2.46. The minimum Gasteiger partial charge on any atom is -0.497 e. The zero-order valence-electron chi connectivity index (χ0n) is 13.5. The van der Waals surface area contributed by atoms with Crippen LogP contribution in [0.15, 0.2) is 24.3 Å². The van der Waals surface area contributed by atoms with Crippen LogP contribution in [0.4, 0.5) is 0 Å². The SMILES string of the molecule is CCN(Cc1ccc(OC)cc1)C(=O)C1C2CCC(C2)C1N. The van der Waals surface area contributed by atoms with Crippen molar-refractivity contribution in [1.29, 1.82) is 0 Å². The van der Waals surface area contributed by atoms with Crippen molar-refractivity contribution in [1.82, 2.24) is 4.90 Å². The molecule has 0 heterocycles. The van der Waals surface area contributed by atoms with Crippen molar-refractivity contribution < 1.29 is 9.53 Å². The number of fused-ring (bicyclic) bond motifs is 2. The first-order chi connectivity index (χ1) is 10.6. The lowest BCUT2D eigenvalue weighted by atomic mass is 9.84. The van der Waals surface area contributed by atoms with Gasteiger partial charge in [0.05, 0.1) is 13.0 Å². The Bertz CT molecular complexity index is 526. The van der Waals surface area contributed by atoms with Crippen LogP contribution < -0.4 is 10.5 Å². The zero-order chi connectivity index (χ0) is 15.7. The van der Waals surface area contributed by atoms with Gasteiger partial charge in [-0.1, -0.05) is 12.1 Å². The Balaban J connectivity index is 1.69. The zero-order valence-corrected chi connectivity index (χ0v) is 13.5. The molecule has 2 aliphatic carbocycles. The minimum atomic E-state index is 0.0388. The van der Waals surface area contributed by atoms with Crippen LogP contribution in [-0.2, 0) is 11.3 Å². The van der Waals surface area contributed by atoms with Gasteiger partial charge in [0.1, 0.15) is 5.75 Å². The van der Waals surface area contributed by atoms with Gasteiger partial charge in [-0.15, -0.1) is 0 Å². The van der Waals surface area contributed by atoms with Gasteiger partial charge >= 0.3 is 0 Å². The molecule has 2 N–H and O–H groups in total. The molecular formula is C18H26N2O2. The molecule has 0 aliphatic heterocycles. The Hall–Kier alpha value is -1.55. The Morgan fingerprint density at radius 2 is 1.95 bits per heavy atom. The quantitative estimate of drug-likeness (QED) is 0.909. The van der Waals surface area contributed by atoms with Crippen LogP contribution in [0.3, 0.4) is 0 Å². The number of ether oxygens (including phenoxy) is 1. The molecule has 0 saturated heterocycles. The highest BCUT2D eigenvalue weighted by molar-refractivity contribution is 5.80. The van der Waals surface area contributed by atoms with Crippen molar-refractivity contribution in [2.24, 2.45) is 23.5 Å². The van der Waals surface area contributed by atoms with Crippen molar-refractivity contribution in [3.8, 4) is 5.75 Å². The van der Waals surface area contributed by atoms with E-state index in [0.717, 1.165) is 24.3 Å². The average Bonchev–Trinajstić information content (AvgIpc) is 3.13. The molecule has 2 bridgehead atoms. The summed E-state index contributed by atoms with van der Waals surface area (Å²) in [4.78, 5) is 14.9. The number of nitrogens with zero attached hydrogens (tertiary/aromatic N) is 1. The van der Waals surface area contributed by atoms with Crippen LogP contribution in [0.1, 0.15) is 31.7 Å². The van der Waals surface area contributed by atoms with Gasteiger partial charge in [0.15, 0.2) is 0 Å². The Morgan fingerprint density at radius 3 is 2.50 bits per heavy atom. The largest absolute Gasteiger partial charge is 0.497 e. The first-order valence-corrected chi connectivity index (χ1v) is 8.31. The first kappa shape index (κ1) is 15.3. The number of nitrogens with two attached hydrogens (primary N) is 1. The van der Waals surface area contributed by atoms with Crippen LogP contribution in [0.5, 0.6) is 5.75 Å². The molecule has 2 fully saturated rings. The Morgan fingerprint density at radius 1 is 1.27 bits per heavy atom. The fraction of sp³-hybridized carbons (Fsp3) is 0.611. The summed E-state index contributed by atoms with van der Waals surface area (Å²) in [5.41, 5.74) is 7.46. The number of amides is 1. The lowest BCUT2D eigenvalue weighted by molar-refractivity contribution is -0.138. The molecule has 1 aromatic carbocycles. The first-order valence-electron chi connectivity index (χ1n) is 8.31. The third kappa shape index (κ3) is 2.72. The topological polar surface area (TPSA) is 55.6 Å². The van der Waals surface area contributed by atoms with E-state index in [1.165, 1.54) is 12.8 Å². The number of carbonyl (C=O) groups is 1. The molecule has 2 aliphatic rings. The van der Waals surface area contributed by atoms with Gasteiger partial charge in [0.25, 0.3) is 0 Å². The predicted molar refractivity (Wildman–Crippen MR) is 86.4 cm³/mol. The number of benzene rings is 1. The molecule has 4 heteroatoms. The molecule has 2 saturated carbocycles. The smallest absolute Gasteiger partial charge is 0.227 e. The second-order valence-corrected chi connectivity index (χ2v) is 6.64. The van der Waals surface area contributed by atoms with Crippen molar-refractivity contribution in [2.45, 2.75) is 38.8 Å². The van der Waals surface area contributed by atoms with Crippen molar-refractivity contribution in [3.05, 3.63) is 29.8 Å². The molecule has 120 valence electrons. The summed E-state index contributed by atoms with van der Waals surface area (Å²) < 4.78 is 5.18. The Kier molecular flexibility index (Phi) is 4.39. The minimum absolute atomic E-state index is 0.0388. The third-order valence-corrected chi connectivity index (χ3v) is 5.49. The number of rotatable bonds is 5. The van der Waals surface area contributed by atoms with Crippen LogP contribution in [0, 0.1) is 17.8 Å². The second-order valence-electron chi connectivity index (χ2n) is 6.64. The molecule has 1 amide bonds. The Labute approximate surface area is 132 Å². The fourth-order valence-electron chi connectivity index (χ4n) is 4.21. The van der Waals surface area contributed by atoms with E-state index >= 15 is 0 Å². The summed E-state index contributed by atoms with van der Waals surface area (Å²) in [5, 5.41) is 0. The molecule has 4 atom stereocenters. The highest BCUT2D eigenvalue weighted by Crippen LogP contribution is 2.48. The van der Waals surface area contributed by atoms with E-state index in [4.69, 9.17) is 10.5 Å². The predicted octanol–water partition coefficient (Wildman–Crippen LogP) is 2.42. The van der Waals surface area contributed by atoms with E-state index in [1.54, 1.807) is 7.11 Å². The van der Waals surface area contributed by atoms with Crippen LogP contribution >= 0.6 is 0 Å². The summed E-state index contributed by atoms with van der Waals surface area (Å²) in [6, 6.07) is 8.00. The fourth-order valence-corrected chi connectivity index (χ4v) is 4.21. The van der Waals surface area contributed by atoms with Gasteiger partial charge in [-0.05, 0) is 55.7 Å². The van der Waals surface area contributed by atoms with E-state index in [0.29, 0.717) is 18.4 Å². The van der Waals surface area contributed by atoms with Gasteiger partial charge in [0, 0.05) is 19.1 Å². The van der Waals surface area contributed by atoms with E-state index in [1.807, 2.05) is 36.1 Å². The highest BCUT2D eigenvalue weighted by Gasteiger charge is 2.49. The normalized spacial score (nSPS) is 29.6. The van der Waals surface area contributed by atoms with E-state index in [-0.39, 0.29) is 17.9 Å². The van der Waals surface area contributed by atoms with Crippen LogP contribution in [0.25, 0.3) is 0 Å². The maximum atomic E-state index is 12.9. The second kappa shape index (κ2) is 6.29. The van der Waals surface area contributed by atoms with Gasteiger partial charge in [-0.2, -0.15) is 0 Å². The van der Waals surface area contributed by atoms with Crippen LogP contribution in [-0.4, -0.2) is 30.5 Å². The maximum Gasteiger partial charge on any atom is 0.227 e. The van der Waals surface area contributed by atoms with E-state index in [9.17, 15) is 4.79 Å². The molecule has 0 radical (unpaired) electrons. The van der Waals surface area contributed by atoms with Crippen LogP contribution in [0.2, 0.25) is 0 Å². The average molecular weight is 302 g/mol. The van der Waals surface area contributed by atoms with Gasteiger partial charge in [0.2, 0.25) is 5.91 Å². The summed E-state index contributed by atoms with van der Waals surface area (Å²) in [7, 11) is 1.66. The summed E-state index contributed by atoms with van der Waals surface area (Å²) in [6.45, 7) is 3.42.